The van der Waals surface area contributed by atoms with E-state index in [2.05, 4.69) is 10.6 Å². The number of carbonyl (C=O) groups excluding carboxylic acids is 1. The minimum Gasteiger partial charge on any atom is -0.479 e. The van der Waals surface area contributed by atoms with Crippen molar-refractivity contribution in [3.8, 4) is 0 Å². The molecule has 0 radical (unpaired) electrons. The average molecular weight is 356 g/mol. The maximum Gasteiger partial charge on any atom is 0.341 e. The van der Waals surface area contributed by atoms with Crippen LogP contribution in [0.25, 0.3) is 0 Å². The van der Waals surface area contributed by atoms with E-state index in [1.165, 1.54) is 0 Å². The van der Waals surface area contributed by atoms with Gasteiger partial charge in [0.2, 0.25) is 5.91 Å². The fraction of sp³-hybridized carbons (Fsp3) is 0.833. The van der Waals surface area contributed by atoms with Crippen molar-refractivity contribution in [2.24, 2.45) is 0 Å². The molecule has 22 heavy (non-hydrogen) atoms. The molecule has 0 saturated carbocycles. The molecular formula is C12H24N2O6S2. The fourth-order valence-electron chi connectivity index (χ4n) is 1.34. The number of aliphatic carboxylic acids is 1. The summed E-state index contributed by atoms with van der Waals surface area (Å²) in [5.41, 5.74) is 0. The number of ether oxygens (including phenoxy) is 1. The highest BCUT2D eigenvalue weighted by Gasteiger charge is 2.18. The molecular weight excluding hydrogens is 332 g/mol. The van der Waals surface area contributed by atoms with Gasteiger partial charge in [-0.2, -0.15) is 0 Å². The Balaban J connectivity index is 3.85. The summed E-state index contributed by atoms with van der Waals surface area (Å²) in [5.74, 6) is -0.531. The van der Waals surface area contributed by atoms with Crippen LogP contribution in [0.2, 0.25) is 0 Å². The van der Waals surface area contributed by atoms with Gasteiger partial charge in [0, 0.05) is 51.5 Å². The number of amides is 1. The lowest BCUT2D eigenvalue weighted by Crippen LogP contribution is -2.51. The molecule has 0 fully saturated rings. The van der Waals surface area contributed by atoms with E-state index in [0.717, 1.165) is 0 Å². The maximum absolute atomic E-state index is 11.5. The van der Waals surface area contributed by atoms with E-state index >= 15 is 0 Å². The van der Waals surface area contributed by atoms with Crippen molar-refractivity contribution in [3.05, 3.63) is 0 Å². The second kappa shape index (κ2) is 12.7. The number of hydrogen-bond acceptors (Lipinski definition) is 6. The lowest BCUT2D eigenvalue weighted by molar-refractivity contribution is -0.143. The van der Waals surface area contributed by atoms with E-state index in [0.29, 0.717) is 23.7 Å². The Morgan fingerprint density at radius 2 is 1.91 bits per heavy atom. The van der Waals surface area contributed by atoms with E-state index in [1.807, 2.05) is 6.92 Å². The summed E-state index contributed by atoms with van der Waals surface area (Å²) in [6.07, 6.45) is 1.22. The molecule has 1 amide bonds. The van der Waals surface area contributed by atoms with Crippen LogP contribution in [0.5, 0.6) is 0 Å². The van der Waals surface area contributed by atoms with Crippen LogP contribution in [-0.2, 0) is 35.9 Å². The van der Waals surface area contributed by atoms with Crippen LogP contribution >= 0.6 is 0 Å². The molecule has 0 spiro atoms. The molecule has 0 rings (SSSR count). The minimum atomic E-state index is -1.22. The van der Waals surface area contributed by atoms with Crippen molar-refractivity contribution in [2.45, 2.75) is 25.9 Å². The minimum absolute atomic E-state index is 0.0831. The van der Waals surface area contributed by atoms with Crippen LogP contribution in [0, 0.1) is 0 Å². The van der Waals surface area contributed by atoms with Gasteiger partial charge in [0.15, 0.2) is 6.17 Å². The number of carboxylic acids is 1. The van der Waals surface area contributed by atoms with Gasteiger partial charge in [-0.3, -0.25) is 18.5 Å². The largest absolute Gasteiger partial charge is 0.479 e. The Kier molecular flexibility index (Phi) is 12.2. The molecule has 3 unspecified atom stereocenters. The number of hydrogen-bond donors (Lipinski definition) is 3. The normalized spacial score (nSPS) is 15.0. The van der Waals surface area contributed by atoms with Gasteiger partial charge >= 0.3 is 5.97 Å². The number of carboxylic acid groups (broad SMARTS) is 1. The monoisotopic (exact) mass is 356 g/mol. The topological polar surface area (TPSA) is 122 Å². The molecule has 0 aromatic rings. The highest BCUT2D eigenvalue weighted by Crippen LogP contribution is 1.89. The first kappa shape index (κ1) is 21.2. The fourth-order valence-corrected chi connectivity index (χ4v) is 3.53. The Hall–Kier alpha value is -0.840. The first-order valence-electron chi connectivity index (χ1n) is 6.85. The van der Waals surface area contributed by atoms with Crippen LogP contribution < -0.4 is 10.6 Å². The van der Waals surface area contributed by atoms with Crippen molar-refractivity contribution in [1.29, 1.82) is 0 Å². The van der Waals surface area contributed by atoms with Crippen LogP contribution in [0.1, 0.15) is 19.8 Å². The maximum atomic E-state index is 11.5. The Labute approximate surface area is 135 Å². The first-order valence-corrected chi connectivity index (χ1v) is 10.1. The van der Waals surface area contributed by atoms with Crippen LogP contribution in [0.15, 0.2) is 0 Å². The highest BCUT2D eigenvalue weighted by atomic mass is 32.2. The molecule has 0 aliphatic heterocycles. The van der Waals surface area contributed by atoms with E-state index < -0.39 is 33.7 Å². The quantitative estimate of drug-likeness (QED) is 0.286. The Bertz CT molecular complexity index is 405. The van der Waals surface area contributed by atoms with E-state index in [4.69, 9.17) is 9.84 Å². The zero-order valence-electron chi connectivity index (χ0n) is 12.8. The molecule has 0 bridgehead atoms. The predicted octanol–water partition coefficient (Wildman–Crippen LogP) is -0.996. The second-order valence-electron chi connectivity index (χ2n) is 4.47. The summed E-state index contributed by atoms with van der Waals surface area (Å²) >= 11 is 0. The molecule has 3 N–H and O–H groups in total. The lowest BCUT2D eigenvalue weighted by Gasteiger charge is -2.16. The third-order valence-electron chi connectivity index (χ3n) is 2.47. The van der Waals surface area contributed by atoms with Gasteiger partial charge in [-0.1, -0.05) is 6.92 Å². The molecule has 0 aromatic heterocycles. The molecule has 130 valence electrons. The van der Waals surface area contributed by atoms with Gasteiger partial charge in [-0.05, 0) is 6.42 Å². The molecule has 0 saturated heterocycles. The van der Waals surface area contributed by atoms with E-state index in [1.54, 1.807) is 6.26 Å². The van der Waals surface area contributed by atoms with Gasteiger partial charge in [0.05, 0.1) is 13.3 Å². The number of carbonyl (C=O) groups is 2. The molecule has 8 nitrogen and oxygen atoms in total. The van der Waals surface area contributed by atoms with Crippen LogP contribution in [-0.4, -0.2) is 68.4 Å². The van der Waals surface area contributed by atoms with Crippen molar-refractivity contribution in [3.63, 3.8) is 0 Å². The van der Waals surface area contributed by atoms with Crippen molar-refractivity contribution in [2.75, 3.05) is 36.9 Å². The lowest BCUT2D eigenvalue weighted by atomic mass is 10.3. The van der Waals surface area contributed by atoms with Gasteiger partial charge in [0.25, 0.3) is 0 Å². The number of rotatable bonds is 13. The van der Waals surface area contributed by atoms with Crippen molar-refractivity contribution in [1.82, 2.24) is 10.6 Å². The summed E-state index contributed by atoms with van der Waals surface area (Å²) in [5, 5.41) is 13.8. The first-order chi connectivity index (χ1) is 10.4. The van der Waals surface area contributed by atoms with Crippen LogP contribution in [0.4, 0.5) is 0 Å². The van der Waals surface area contributed by atoms with Crippen molar-refractivity contribution < 1.29 is 27.9 Å². The van der Waals surface area contributed by atoms with Gasteiger partial charge in [-0.15, -0.1) is 0 Å². The smallest absolute Gasteiger partial charge is 0.341 e. The second-order valence-corrected chi connectivity index (χ2v) is 7.72. The molecule has 0 aliphatic carbocycles. The van der Waals surface area contributed by atoms with Crippen LogP contribution in [0.3, 0.4) is 0 Å². The Morgan fingerprint density at radius 1 is 1.23 bits per heavy atom. The van der Waals surface area contributed by atoms with Crippen molar-refractivity contribution >= 4 is 33.5 Å². The summed E-state index contributed by atoms with van der Waals surface area (Å²) in [4.78, 5) is 22.3. The summed E-state index contributed by atoms with van der Waals surface area (Å²) < 4.78 is 27.5. The zero-order valence-corrected chi connectivity index (χ0v) is 14.5. The SMILES string of the molecule is CCCC(=O)NC(NCOCCS(=O)CCS(C)=O)C(=O)O. The van der Waals surface area contributed by atoms with E-state index in [-0.39, 0.29) is 25.7 Å². The third kappa shape index (κ3) is 11.8. The third-order valence-corrected chi connectivity index (χ3v) is 4.79. The summed E-state index contributed by atoms with van der Waals surface area (Å²) in [6, 6.07) is 0. The number of nitrogens with one attached hydrogen (secondary N) is 2. The predicted molar refractivity (Wildman–Crippen MR) is 85.2 cm³/mol. The highest BCUT2D eigenvalue weighted by molar-refractivity contribution is 7.88. The Morgan fingerprint density at radius 3 is 2.45 bits per heavy atom. The van der Waals surface area contributed by atoms with Gasteiger partial charge in [-0.25, -0.2) is 4.79 Å². The molecule has 0 aromatic carbocycles. The van der Waals surface area contributed by atoms with Gasteiger partial charge < -0.3 is 15.2 Å². The molecule has 3 atom stereocenters. The summed E-state index contributed by atoms with van der Waals surface area (Å²) in [6.45, 7) is 1.92. The molecule has 0 heterocycles. The standard InChI is InChI=1S/C12H24N2O6S2/c1-3-4-10(15)14-11(12(16)17)13-9-20-5-6-22(19)8-7-21(2)18/h11,13H,3-9H2,1-2H3,(H,14,15)(H,16,17). The molecule has 0 aliphatic rings. The summed E-state index contributed by atoms with van der Waals surface area (Å²) in [7, 11) is -2.07. The molecule has 10 heteroatoms. The van der Waals surface area contributed by atoms with Gasteiger partial charge in [0.1, 0.15) is 0 Å². The average Bonchev–Trinajstić information content (AvgIpc) is 2.43. The van der Waals surface area contributed by atoms with E-state index in [9.17, 15) is 18.0 Å². The zero-order chi connectivity index (χ0) is 17.0.